The lowest BCUT2D eigenvalue weighted by Crippen LogP contribution is -2.29. The van der Waals surface area contributed by atoms with Crippen LogP contribution in [-0.2, 0) is 14.2 Å². The van der Waals surface area contributed by atoms with Crippen LogP contribution in [0.3, 0.4) is 0 Å². The summed E-state index contributed by atoms with van der Waals surface area (Å²) < 4.78 is 18.1. The van der Waals surface area contributed by atoms with Crippen molar-refractivity contribution in [2.45, 2.75) is 24.9 Å². The highest BCUT2D eigenvalue weighted by atomic mass is 16.6. The molecular weight excluding hydrogens is 286 g/mol. The summed E-state index contributed by atoms with van der Waals surface area (Å²) in [5.41, 5.74) is 6.13. The molecule has 3 atom stereocenters. The summed E-state index contributed by atoms with van der Waals surface area (Å²) in [6, 6.07) is 7.38. The lowest BCUT2D eigenvalue weighted by molar-refractivity contribution is -0.0606. The van der Waals surface area contributed by atoms with Crippen LogP contribution in [0.25, 0.3) is 10.9 Å². The largest absolute Gasteiger partial charge is 0.383 e. The summed E-state index contributed by atoms with van der Waals surface area (Å²) in [4.78, 5) is 16.2. The predicted octanol–water partition coefficient (Wildman–Crippen LogP) is 0.928. The van der Waals surface area contributed by atoms with Gasteiger partial charge in [-0.15, -0.1) is 0 Å². The van der Waals surface area contributed by atoms with E-state index in [1.807, 2.05) is 24.3 Å². The van der Waals surface area contributed by atoms with E-state index in [1.54, 1.807) is 14.2 Å². The van der Waals surface area contributed by atoms with Gasteiger partial charge in [0.2, 0.25) is 0 Å². The molecule has 1 aliphatic heterocycles. The molecule has 22 heavy (non-hydrogen) atoms. The quantitative estimate of drug-likeness (QED) is 0.904. The maximum absolute atomic E-state index is 12.3. The topological polar surface area (TPSA) is 88.6 Å². The molecule has 0 bridgehead atoms. The molecule has 7 nitrogen and oxygen atoms in total. The first-order chi connectivity index (χ1) is 10.7. The molecule has 0 amide bonds. The highest BCUT2D eigenvalue weighted by Crippen LogP contribution is 2.32. The molecule has 1 aromatic carbocycles. The SMILES string of the molecule is COC[C@H]1O[C@@H](n2c(=O)nc(N)c3ccccc32)C[C@@H]1OC. The molecule has 3 rings (SSSR count). The number of aromatic nitrogens is 2. The van der Waals surface area contributed by atoms with E-state index in [2.05, 4.69) is 4.98 Å². The van der Waals surface area contributed by atoms with Crippen LogP contribution in [0.5, 0.6) is 0 Å². The zero-order valence-corrected chi connectivity index (χ0v) is 12.6. The fourth-order valence-electron chi connectivity index (χ4n) is 2.92. The van der Waals surface area contributed by atoms with Crippen LogP contribution in [0.15, 0.2) is 29.1 Å². The van der Waals surface area contributed by atoms with E-state index < -0.39 is 11.9 Å². The number of anilines is 1. The van der Waals surface area contributed by atoms with Crippen molar-refractivity contribution < 1.29 is 14.2 Å². The van der Waals surface area contributed by atoms with Crippen molar-refractivity contribution in [2.75, 3.05) is 26.6 Å². The van der Waals surface area contributed by atoms with Crippen LogP contribution < -0.4 is 11.4 Å². The van der Waals surface area contributed by atoms with Crippen molar-refractivity contribution in [1.29, 1.82) is 0 Å². The van der Waals surface area contributed by atoms with Crippen molar-refractivity contribution in [3.05, 3.63) is 34.7 Å². The van der Waals surface area contributed by atoms with E-state index in [0.29, 0.717) is 18.5 Å². The molecule has 2 heterocycles. The van der Waals surface area contributed by atoms with Crippen LogP contribution in [0.1, 0.15) is 12.6 Å². The first-order valence-corrected chi connectivity index (χ1v) is 7.09. The van der Waals surface area contributed by atoms with E-state index >= 15 is 0 Å². The summed E-state index contributed by atoms with van der Waals surface area (Å²) in [7, 11) is 3.23. The van der Waals surface area contributed by atoms with Gasteiger partial charge in [-0.3, -0.25) is 4.57 Å². The first-order valence-electron chi connectivity index (χ1n) is 7.09. The Morgan fingerprint density at radius 2 is 2.18 bits per heavy atom. The Bertz CT molecular complexity index is 730. The molecule has 2 aromatic rings. The van der Waals surface area contributed by atoms with Gasteiger partial charge in [0.25, 0.3) is 0 Å². The Hall–Kier alpha value is -1.96. The Morgan fingerprint density at radius 1 is 1.41 bits per heavy atom. The molecule has 0 aliphatic carbocycles. The van der Waals surface area contributed by atoms with Crippen LogP contribution in [0, 0.1) is 0 Å². The summed E-state index contributed by atoms with van der Waals surface area (Å²) >= 11 is 0. The number of ether oxygens (including phenoxy) is 3. The number of nitrogens with two attached hydrogens (primary N) is 1. The van der Waals surface area contributed by atoms with E-state index in [-0.39, 0.29) is 18.0 Å². The zero-order chi connectivity index (χ0) is 15.7. The summed E-state index contributed by atoms with van der Waals surface area (Å²) in [6.07, 6.45) is -0.244. The number of nitrogens with zero attached hydrogens (tertiary/aromatic N) is 2. The number of para-hydroxylation sites is 1. The summed E-state index contributed by atoms with van der Waals surface area (Å²) in [5, 5.41) is 0.731. The zero-order valence-electron chi connectivity index (χ0n) is 12.6. The van der Waals surface area contributed by atoms with Crippen molar-refractivity contribution in [3.8, 4) is 0 Å². The van der Waals surface area contributed by atoms with Crippen LogP contribution in [0.2, 0.25) is 0 Å². The average Bonchev–Trinajstić information content (AvgIpc) is 2.90. The molecular formula is C15H19N3O4. The van der Waals surface area contributed by atoms with Crippen LogP contribution in [0.4, 0.5) is 5.82 Å². The van der Waals surface area contributed by atoms with Gasteiger partial charge < -0.3 is 19.9 Å². The Balaban J connectivity index is 2.06. The Labute approximate surface area is 127 Å². The smallest absolute Gasteiger partial charge is 0.352 e. The highest BCUT2D eigenvalue weighted by Gasteiger charge is 2.37. The number of fused-ring (bicyclic) bond motifs is 1. The number of hydrogen-bond acceptors (Lipinski definition) is 6. The molecule has 1 aromatic heterocycles. The van der Waals surface area contributed by atoms with Gasteiger partial charge in [0, 0.05) is 26.0 Å². The monoisotopic (exact) mass is 305 g/mol. The minimum atomic E-state index is -0.449. The van der Waals surface area contributed by atoms with Crippen molar-refractivity contribution in [1.82, 2.24) is 9.55 Å². The molecule has 1 saturated heterocycles. The predicted molar refractivity (Wildman–Crippen MR) is 81.6 cm³/mol. The first kappa shape index (κ1) is 15.0. The molecule has 0 saturated carbocycles. The van der Waals surface area contributed by atoms with Gasteiger partial charge in [-0.1, -0.05) is 12.1 Å². The fourth-order valence-corrected chi connectivity index (χ4v) is 2.92. The fraction of sp³-hybridized carbons (Fsp3) is 0.467. The van der Waals surface area contributed by atoms with E-state index in [9.17, 15) is 4.79 Å². The lowest BCUT2D eigenvalue weighted by Gasteiger charge is -2.18. The second-order valence-corrected chi connectivity index (χ2v) is 5.26. The second-order valence-electron chi connectivity index (χ2n) is 5.26. The molecule has 7 heteroatoms. The minimum Gasteiger partial charge on any atom is -0.383 e. The molecule has 118 valence electrons. The number of nitrogen functional groups attached to an aromatic ring is 1. The van der Waals surface area contributed by atoms with Crippen molar-refractivity contribution in [2.24, 2.45) is 0 Å². The highest BCUT2D eigenvalue weighted by molar-refractivity contribution is 5.88. The minimum absolute atomic E-state index is 0.131. The van der Waals surface area contributed by atoms with Gasteiger partial charge in [-0.2, -0.15) is 4.98 Å². The molecule has 1 aliphatic rings. The maximum Gasteiger partial charge on any atom is 0.352 e. The molecule has 0 radical (unpaired) electrons. The van der Waals surface area contributed by atoms with E-state index in [0.717, 1.165) is 5.39 Å². The van der Waals surface area contributed by atoms with Crippen LogP contribution in [-0.4, -0.2) is 42.6 Å². The van der Waals surface area contributed by atoms with Gasteiger partial charge >= 0.3 is 5.69 Å². The number of rotatable bonds is 4. The summed E-state index contributed by atoms with van der Waals surface area (Å²) in [6.45, 7) is 0.407. The molecule has 2 N–H and O–H groups in total. The van der Waals surface area contributed by atoms with Gasteiger partial charge in [0.15, 0.2) is 0 Å². The van der Waals surface area contributed by atoms with Crippen molar-refractivity contribution in [3.63, 3.8) is 0 Å². The number of hydrogen-bond donors (Lipinski definition) is 1. The van der Waals surface area contributed by atoms with Gasteiger partial charge in [-0.05, 0) is 12.1 Å². The number of methoxy groups -OCH3 is 2. The van der Waals surface area contributed by atoms with Gasteiger partial charge in [0.1, 0.15) is 18.1 Å². The van der Waals surface area contributed by atoms with Gasteiger partial charge in [-0.25, -0.2) is 4.79 Å². The van der Waals surface area contributed by atoms with Crippen LogP contribution >= 0.6 is 0 Å². The number of benzene rings is 1. The molecule has 0 spiro atoms. The third-order valence-corrected chi connectivity index (χ3v) is 3.96. The van der Waals surface area contributed by atoms with E-state index in [1.165, 1.54) is 4.57 Å². The summed E-state index contributed by atoms with van der Waals surface area (Å²) in [5.74, 6) is 0.228. The van der Waals surface area contributed by atoms with E-state index in [4.69, 9.17) is 19.9 Å². The van der Waals surface area contributed by atoms with Gasteiger partial charge in [0.05, 0.1) is 18.2 Å². The standard InChI is InChI=1S/C15H19N3O4/c1-20-8-12-11(21-2)7-13(22-12)18-10-6-4-3-5-9(10)14(16)17-15(18)19/h3-6,11-13H,7-8H2,1-2H3,(H2,16,17,19)/t11-,12+,13+/m0/s1. The Morgan fingerprint density at radius 3 is 2.91 bits per heavy atom. The second kappa shape index (κ2) is 6.04. The molecule has 0 unspecified atom stereocenters. The normalized spacial score (nSPS) is 24.9. The molecule has 1 fully saturated rings. The lowest BCUT2D eigenvalue weighted by atomic mass is 10.1. The third-order valence-electron chi connectivity index (χ3n) is 3.96. The average molecular weight is 305 g/mol. The third kappa shape index (κ3) is 2.47. The Kier molecular flexibility index (Phi) is 4.10. The maximum atomic E-state index is 12.3. The van der Waals surface area contributed by atoms with Crippen molar-refractivity contribution >= 4 is 16.7 Å².